The Kier molecular flexibility index (Phi) is 4.32. The molecule has 0 heterocycles. The van der Waals surface area contributed by atoms with E-state index in [0.29, 0.717) is 18.6 Å². The van der Waals surface area contributed by atoms with E-state index in [1.807, 2.05) is 0 Å². The molecule has 1 atom stereocenters. The van der Waals surface area contributed by atoms with Crippen LogP contribution in [0.4, 0.5) is 22.0 Å². The van der Waals surface area contributed by atoms with Crippen LogP contribution in [-0.2, 0) is 11.0 Å². The quantitative estimate of drug-likeness (QED) is 0.710. The first kappa shape index (κ1) is 14.9. The van der Waals surface area contributed by atoms with Gasteiger partial charge in [-0.15, -0.1) is 0 Å². The molecular formula is C12H12F5O. The van der Waals surface area contributed by atoms with Crippen LogP contribution in [0.15, 0.2) is 24.3 Å². The fraction of sp³-hybridized carbons (Fsp3) is 0.500. The van der Waals surface area contributed by atoms with E-state index in [1.165, 1.54) is 6.07 Å². The summed E-state index contributed by atoms with van der Waals surface area (Å²) in [5, 5.41) is 11.5. The van der Waals surface area contributed by atoms with Crippen molar-refractivity contribution in [2.24, 2.45) is 0 Å². The third-order valence-corrected chi connectivity index (χ3v) is 2.53. The minimum absolute atomic E-state index is 0.0433. The molecule has 1 nitrogen and oxygen atoms in total. The average molecular weight is 267 g/mol. The van der Waals surface area contributed by atoms with Crippen molar-refractivity contribution < 1.29 is 27.1 Å². The average Bonchev–Trinajstić information content (AvgIpc) is 2.28. The molecule has 1 rings (SSSR count). The van der Waals surface area contributed by atoms with E-state index in [4.69, 9.17) is 0 Å². The molecule has 18 heavy (non-hydrogen) atoms. The van der Waals surface area contributed by atoms with Gasteiger partial charge in [0.1, 0.15) is 6.10 Å². The van der Waals surface area contributed by atoms with Crippen molar-refractivity contribution in [3.63, 3.8) is 0 Å². The topological polar surface area (TPSA) is 19.9 Å². The fourth-order valence-corrected chi connectivity index (χ4v) is 1.53. The van der Waals surface area contributed by atoms with Crippen LogP contribution in [0.1, 0.15) is 37.0 Å². The van der Waals surface area contributed by atoms with Crippen molar-refractivity contribution in [1.29, 1.82) is 0 Å². The molecule has 0 aromatic heterocycles. The van der Waals surface area contributed by atoms with Crippen LogP contribution in [0, 0.1) is 0 Å². The molecule has 0 spiro atoms. The van der Waals surface area contributed by atoms with E-state index in [2.05, 4.69) is 0 Å². The zero-order chi connectivity index (χ0) is 14.0. The van der Waals surface area contributed by atoms with Crippen molar-refractivity contribution in [3.8, 4) is 0 Å². The highest BCUT2D eigenvalue weighted by molar-refractivity contribution is 5.29. The van der Waals surface area contributed by atoms with E-state index in [0.717, 1.165) is 6.07 Å². The molecule has 0 bridgehead atoms. The molecule has 1 aromatic carbocycles. The fourth-order valence-electron chi connectivity index (χ4n) is 1.53. The number of benzene rings is 1. The van der Waals surface area contributed by atoms with Crippen LogP contribution in [0.25, 0.3) is 0 Å². The molecule has 0 aliphatic carbocycles. The third kappa shape index (κ3) is 2.98. The van der Waals surface area contributed by atoms with Crippen molar-refractivity contribution in [3.05, 3.63) is 35.4 Å². The van der Waals surface area contributed by atoms with E-state index in [9.17, 15) is 27.1 Å². The minimum Gasteiger partial charge on any atom is -0.228 e. The largest absolute Gasteiger partial charge is 0.458 e. The molecular weight excluding hydrogens is 255 g/mol. The maximum absolute atomic E-state index is 13.1. The Hall–Kier alpha value is -1.17. The van der Waals surface area contributed by atoms with Gasteiger partial charge in [-0.05, 0) is 18.1 Å². The lowest BCUT2D eigenvalue weighted by Gasteiger charge is -2.20. The summed E-state index contributed by atoms with van der Waals surface area (Å²) in [5.41, 5.74) is -1.23. The molecule has 6 heteroatoms. The van der Waals surface area contributed by atoms with Crippen LogP contribution >= 0.6 is 0 Å². The van der Waals surface area contributed by atoms with Gasteiger partial charge in [-0.2, -0.15) is 22.0 Å². The van der Waals surface area contributed by atoms with Crippen molar-refractivity contribution in [2.75, 3.05) is 0 Å². The standard InChI is InChI=1S/C12H12F5O/c1-2-4-10(18)8-5-3-6-9(7-8)11(13,14)12(15,16)17/h3,5-7,10H,2,4H2,1H3. The van der Waals surface area contributed by atoms with Crippen LogP contribution < -0.4 is 0 Å². The summed E-state index contributed by atoms with van der Waals surface area (Å²) in [6.45, 7) is 1.74. The van der Waals surface area contributed by atoms with Crippen LogP contribution in [-0.4, -0.2) is 6.18 Å². The molecule has 0 saturated carbocycles. The smallest absolute Gasteiger partial charge is 0.228 e. The highest BCUT2D eigenvalue weighted by atomic mass is 19.4. The first-order valence-electron chi connectivity index (χ1n) is 5.41. The molecule has 1 unspecified atom stereocenters. The Morgan fingerprint density at radius 2 is 1.78 bits per heavy atom. The lowest BCUT2D eigenvalue weighted by Crippen LogP contribution is -2.33. The van der Waals surface area contributed by atoms with Gasteiger partial charge in [0.15, 0.2) is 0 Å². The third-order valence-electron chi connectivity index (χ3n) is 2.53. The summed E-state index contributed by atoms with van der Waals surface area (Å²) in [4.78, 5) is 0. The minimum atomic E-state index is -5.66. The predicted molar refractivity (Wildman–Crippen MR) is 54.7 cm³/mol. The van der Waals surface area contributed by atoms with Crippen LogP contribution in [0.3, 0.4) is 0 Å². The van der Waals surface area contributed by atoms with Gasteiger partial charge in [-0.1, -0.05) is 31.5 Å². The second-order valence-electron chi connectivity index (χ2n) is 3.97. The Morgan fingerprint density at radius 1 is 1.17 bits per heavy atom. The Bertz CT molecular complexity index is 400. The second-order valence-corrected chi connectivity index (χ2v) is 3.97. The first-order chi connectivity index (χ1) is 8.20. The summed E-state index contributed by atoms with van der Waals surface area (Å²) in [6, 6.07) is 3.63. The van der Waals surface area contributed by atoms with Gasteiger partial charge in [0.2, 0.25) is 0 Å². The molecule has 1 aromatic rings. The number of hydrogen-bond donors (Lipinski definition) is 0. The highest BCUT2D eigenvalue weighted by Gasteiger charge is 2.58. The summed E-state index contributed by atoms with van der Waals surface area (Å²) in [6.07, 6.45) is -6.21. The predicted octanol–water partition coefficient (Wildman–Crippen LogP) is 4.61. The van der Waals surface area contributed by atoms with Crippen molar-refractivity contribution >= 4 is 0 Å². The monoisotopic (exact) mass is 267 g/mol. The summed E-state index contributed by atoms with van der Waals surface area (Å²) < 4.78 is 62.6. The Morgan fingerprint density at radius 3 is 2.28 bits per heavy atom. The Labute approximate surface area is 101 Å². The summed E-state index contributed by atoms with van der Waals surface area (Å²) in [7, 11) is 0. The zero-order valence-corrected chi connectivity index (χ0v) is 9.60. The zero-order valence-electron chi connectivity index (χ0n) is 9.60. The number of alkyl halides is 5. The molecule has 1 radical (unpaired) electrons. The molecule has 101 valence electrons. The van der Waals surface area contributed by atoms with Crippen molar-refractivity contribution in [1.82, 2.24) is 0 Å². The Balaban J connectivity index is 3.09. The van der Waals surface area contributed by atoms with Crippen LogP contribution in [0.5, 0.6) is 0 Å². The number of halogens is 5. The number of rotatable bonds is 4. The van der Waals surface area contributed by atoms with E-state index >= 15 is 0 Å². The van der Waals surface area contributed by atoms with Crippen LogP contribution in [0.2, 0.25) is 0 Å². The van der Waals surface area contributed by atoms with Gasteiger partial charge in [-0.25, -0.2) is 5.11 Å². The molecule has 0 saturated heterocycles. The SMILES string of the molecule is CCCC([O])c1cccc(C(F)(F)C(F)(F)F)c1. The molecule has 0 aliphatic rings. The van der Waals surface area contributed by atoms with Gasteiger partial charge in [0, 0.05) is 5.56 Å². The molecule has 0 fully saturated rings. The molecule has 0 N–H and O–H groups in total. The van der Waals surface area contributed by atoms with Gasteiger partial charge in [-0.3, -0.25) is 0 Å². The normalized spacial score (nSPS) is 14.6. The summed E-state index contributed by atoms with van der Waals surface area (Å²) in [5.74, 6) is -4.94. The van der Waals surface area contributed by atoms with Gasteiger partial charge in [0.25, 0.3) is 0 Å². The van der Waals surface area contributed by atoms with Gasteiger partial charge >= 0.3 is 12.1 Å². The lowest BCUT2D eigenvalue weighted by atomic mass is 9.99. The maximum atomic E-state index is 13.1. The maximum Gasteiger partial charge on any atom is 0.458 e. The first-order valence-corrected chi connectivity index (χ1v) is 5.41. The van der Waals surface area contributed by atoms with Crippen molar-refractivity contribution in [2.45, 2.75) is 38.0 Å². The second kappa shape index (κ2) is 5.22. The van der Waals surface area contributed by atoms with E-state index in [1.54, 1.807) is 6.92 Å². The lowest BCUT2D eigenvalue weighted by molar-refractivity contribution is -0.289. The van der Waals surface area contributed by atoms with Gasteiger partial charge in [0.05, 0.1) is 0 Å². The number of hydrogen-bond acceptors (Lipinski definition) is 0. The highest BCUT2D eigenvalue weighted by Crippen LogP contribution is 2.44. The van der Waals surface area contributed by atoms with Gasteiger partial charge < -0.3 is 0 Å². The molecule has 0 aliphatic heterocycles. The molecule has 0 amide bonds. The summed E-state index contributed by atoms with van der Waals surface area (Å²) >= 11 is 0. The van der Waals surface area contributed by atoms with E-state index in [-0.39, 0.29) is 12.0 Å². The van der Waals surface area contributed by atoms with E-state index < -0.39 is 23.8 Å².